The van der Waals surface area contributed by atoms with Gasteiger partial charge in [-0.15, -0.1) is 5.10 Å². The molecule has 0 unspecified atom stereocenters. The van der Waals surface area contributed by atoms with Gasteiger partial charge in [0.15, 0.2) is 0 Å². The van der Waals surface area contributed by atoms with Crippen LogP contribution in [-0.4, -0.2) is 56.7 Å². The van der Waals surface area contributed by atoms with E-state index in [0.29, 0.717) is 5.56 Å². The number of benzene rings is 1. The number of hydrogen-bond acceptors (Lipinski definition) is 5. The maximum absolute atomic E-state index is 12.4. The van der Waals surface area contributed by atoms with Gasteiger partial charge in [0.2, 0.25) is 0 Å². The molecule has 1 atom stereocenters. The number of nitrogens with one attached hydrogen (secondary N) is 1. The Labute approximate surface area is 149 Å². The van der Waals surface area contributed by atoms with Crippen LogP contribution in [0.5, 0.6) is 0 Å². The normalized spacial score (nSPS) is 12.4. The average Bonchev–Trinajstić information content (AvgIpc) is 3.13. The van der Waals surface area contributed by atoms with Crippen molar-refractivity contribution in [2.75, 3.05) is 19.6 Å². The highest BCUT2D eigenvalue weighted by Gasteiger charge is 2.12. The molecule has 0 fully saturated rings. The summed E-state index contributed by atoms with van der Waals surface area (Å²) in [6.07, 6.45) is 3.60. The lowest BCUT2D eigenvalue weighted by Crippen LogP contribution is -2.33. The Hall–Kier alpha value is -2.28. The lowest BCUT2D eigenvalue weighted by atomic mass is 10.1. The number of hydrogen-bond donors (Lipinski definition) is 1. The summed E-state index contributed by atoms with van der Waals surface area (Å²) in [5.74, 6) is -0.0401. The zero-order valence-corrected chi connectivity index (χ0v) is 15.6. The number of aromatic nitrogens is 4. The Kier molecular flexibility index (Phi) is 7.06. The monoisotopic (exact) mass is 344 g/mol. The van der Waals surface area contributed by atoms with E-state index in [2.05, 4.69) is 46.5 Å². The van der Waals surface area contributed by atoms with Crippen molar-refractivity contribution >= 4 is 5.91 Å². The number of nitrogens with zero attached hydrogens (tertiary/aromatic N) is 5. The Morgan fingerprint density at radius 1 is 1.32 bits per heavy atom. The van der Waals surface area contributed by atoms with E-state index in [1.807, 2.05) is 25.1 Å². The molecular formula is C18H28N6O. The fraction of sp³-hybridized carbons (Fsp3) is 0.556. The van der Waals surface area contributed by atoms with E-state index in [-0.39, 0.29) is 11.9 Å². The zero-order chi connectivity index (χ0) is 18.2. The third-order valence-corrected chi connectivity index (χ3v) is 4.44. The van der Waals surface area contributed by atoms with Crippen LogP contribution in [-0.2, 0) is 0 Å². The van der Waals surface area contributed by atoms with Crippen LogP contribution in [0.4, 0.5) is 0 Å². The van der Waals surface area contributed by atoms with Gasteiger partial charge in [0.05, 0.1) is 5.69 Å². The quantitative estimate of drug-likeness (QED) is 0.755. The van der Waals surface area contributed by atoms with Crippen LogP contribution in [0, 0.1) is 6.92 Å². The van der Waals surface area contributed by atoms with Crippen LogP contribution < -0.4 is 5.32 Å². The fourth-order valence-corrected chi connectivity index (χ4v) is 2.87. The van der Waals surface area contributed by atoms with Gasteiger partial charge in [-0.3, -0.25) is 4.79 Å². The van der Waals surface area contributed by atoms with Gasteiger partial charge in [0.25, 0.3) is 5.91 Å². The van der Waals surface area contributed by atoms with Crippen molar-refractivity contribution in [1.29, 1.82) is 0 Å². The van der Waals surface area contributed by atoms with Gasteiger partial charge in [0, 0.05) is 11.6 Å². The number of rotatable bonds is 9. The van der Waals surface area contributed by atoms with Crippen molar-refractivity contribution in [2.24, 2.45) is 0 Å². The number of aryl methyl sites for hydroxylation is 1. The lowest BCUT2D eigenvalue weighted by Gasteiger charge is -2.20. The molecule has 0 spiro atoms. The third kappa shape index (κ3) is 5.35. The van der Waals surface area contributed by atoms with Crippen molar-refractivity contribution in [3.8, 4) is 5.69 Å². The second-order valence-corrected chi connectivity index (χ2v) is 6.30. The number of carbonyl (C=O) groups is 1. The topological polar surface area (TPSA) is 75.9 Å². The highest BCUT2D eigenvalue weighted by Crippen LogP contribution is 2.14. The minimum Gasteiger partial charge on any atom is -0.350 e. The maximum atomic E-state index is 12.4. The first-order valence-corrected chi connectivity index (χ1v) is 8.92. The van der Waals surface area contributed by atoms with E-state index in [0.717, 1.165) is 43.7 Å². The van der Waals surface area contributed by atoms with Gasteiger partial charge in [0.1, 0.15) is 6.33 Å². The number of carbonyl (C=O) groups excluding carboxylic acids is 1. The van der Waals surface area contributed by atoms with Gasteiger partial charge in [-0.1, -0.05) is 13.8 Å². The zero-order valence-electron chi connectivity index (χ0n) is 15.6. The minimum absolute atomic E-state index is 0.0401. The largest absolute Gasteiger partial charge is 0.350 e. The first-order valence-electron chi connectivity index (χ1n) is 8.92. The van der Waals surface area contributed by atoms with Crippen molar-refractivity contribution in [1.82, 2.24) is 30.4 Å². The molecule has 1 N–H and O–H groups in total. The van der Waals surface area contributed by atoms with Crippen molar-refractivity contribution in [2.45, 2.75) is 46.6 Å². The van der Waals surface area contributed by atoms with E-state index in [1.54, 1.807) is 11.0 Å². The summed E-state index contributed by atoms with van der Waals surface area (Å²) in [6, 6.07) is 5.70. The van der Waals surface area contributed by atoms with Gasteiger partial charge < -0.3 is 10.2 Å². The summed E-state index contributed by atoms with van der Waals surface area (Å²) in [5, 5.41) is 14.2. The Bertz CT molecular complexity index is 666. The molecule has 1 aromatic heterocycles. The average molecular weight is 344 g/mol. The second kappa shape index (κ2) is 9.27. The van der Waals surface area contributed by atoms with E-state index >= 15 is 0 Å². The van der Waals surface area contributed by atoms with E-state index < -0.39 is 0 Å². The molecule has 7 nitrogen and oxygen atoms in total. The fourth-order valence-electron chi connectivity index (χ4n) is 2.87. The van der Waals surface area contributed by atoms with Gasteiger partial charge in [-0.2, -0.15) is 0 Å². The Morgan fingerprint density at radius 3 is 2.68 bits per heavy atom. The smallest absolute Gasteiger partial charge is 0.251 e. The van der Waals surface area contributed by atoms with Crippen LogP contribution in [0.3, 0.4) is 0 Å². The molecule has 0 saturated carbocycles. The highest BCUT2D eigenvalue weighted by molar-refractivity contribution is 5.94. The second-order valence-electron chi connectivity index (χ2n) is 6.30. The Morgan fingerprint density at radius 2 is 2.08 bits per heavy atom. The minimum atomic E-state index is -0.0401. The molecule has 2 rings (SSSR count). The number of tetrazole rings is 1. The summed E-state index contributed by atoms with van der Waals surface area (Å²) in [4.78, 5) is 14.8. The molecule has 136 valence electrons. The van der Waals surface area contributed by atoms with Crippen molar-refractivity contribution in [3.63, 3.8) is 0 Å². The van der Waals surface area contributed by atoms with Crippen LogP contribution in [0.25, 0.3) is 5.69 Å². The van der Waals surface area contributed by atoms with Gasteiger partial charge in [-0.25, -0.2) is 4.68 Å². The third-order valence-electron chi connectivity index (χ3n) is 4.44. The van der Waals surface area contributed by atoms with Crippen molar-refractivity contribution in [3.05, 3.63) is 35.7 Å². The first-order chi connectivity index (χ1) is 12.0. The van der Waals surface area contributed by atoms with Crippen LogP contribution in [0.15, 0.2) is 24.5 Å². The summed E-state index contributed by atoms with van der Waals surface area (Å²) in [5.41, 5.74) is 2.48. The van der Waals surface area contributed by atoms with E-state index in [9.17, 15) is 4.79 Å². The summed E-state index contributed by atoms with van der Waals surface area (Å²) in [6.45, 7) is 11.6. The predicted octanol–water partition coefficient (Wildman–Crippen LogP) is 2.21. The summed E-state index contributed by atoms with van der Waals surface area (Å²) >= 11 is 0. The molecule has 0 bridgehead atoms. The molecule has 1 aromatic carbocycles. The van der Waals surface area contributed by atoms with Crippen molar-refractivity contribution < 1.29 is 4.79 Å². The lowest BCUT2D eigenvalue weighted by molar-refractivity contribution is 0.0937. The molecule has 0 aliphatic rings. The molecule has 25 heavy (non-hydrogen) atoms. The van der Waals surface area contributed by atoms with Crippen LogP contribution >= 0.6 is 0 Å². The van der Waals surface area contributed by atoms with E-state index in [1.165, 1.54) is 0 Å². The SMILES string of the molecule is CCN(CC)CCC[C@@H](C)NC(=O)c1ccc(-n2cnnn2)c(C)c1. The molecule has 0 radical (unpaired) electrons. The standard InChI is InChI=1S/C18H28N6O/c1-5-23(6-2)11-7-8-15(4)20-18(25)16-9-10-17(14(3)12-16)24-13-19-21-22-24/h9-10,12-13,15H,5-8,11H2,1-4H3,(H,20,25)/t15-/m1/s1. The van der Waals surface area contributed by atoms with E-state index in [4.69, 9.17) is 0 Å². The molecule has 0 saturated heterocycles. The first kappa shape index (κ1) is 19.1. The maximum Gasteiger partial charge on any atom is 0.251 e. The molecule has 1 amide bonds. The van der Waals surface area contributed by atoms with Gasteiger partial charge in [-0.05, 0) is 80.5 Å². The molecule has 0 aliphatic heterocycles. The predicted molar refractivity (Wildman–Crippen MR) is 97.8 cm³/mol. The molecule has 2 aromatic rings. The summed E-state index contributed by atoms with van der Waals surface area (Å²) < 4.78 is 1.59. The Balaban J connectivity index is 1.89. The molecular weight excluding hydrogens is 316 g/mol. The highest BCUT2D eigenvalue weighted by atomic mass is 16.1. The van der Waals surface area contributed by atoms with Crippen LogP contribution in [0.2, 0.25) is 0 Å². The molecule has 7 heteroatoms. The molecule has 1 heterocycles. The number of amides is 1. The van der Waals surface area contributed by atoms with Crippen LogP contribution in [0.1, 0.15) is 49.5 Å². The van der Waals surface area contributed by atoms with Gasteiger partial charge >= 0.3 is 0 Å². The summed E-state index contributed by atoms with van der Waals surface area (Å²) in [7, 11) is 0. The molecule has 0 aliphatic carbocycles.